The zero-order chi connectivity index (χ0) is 15.0. The number of nitrogens with zero attached hydrogens (tertiary/aromatic N) is 3. The van der Waals surface area contributed by atoms with Gasteiger partial charge in [0.05, 0.1) is 42.8 Å². The molecule has 1 fully saturated rings. The second kappa shape index (κ2) is 5.33. The van der Waals surface area contributed by atoms with E-state index >= 15 is 0 Å². The maximum atomic E-state index is 12.1. The smallest absolute Gasteiger partial charge is 0.226 e. The van der Waals surface area contributed by atoms with Gasteiger partial charge < -0.3 is 15.4 Å². The molecule has 0 bridgehead atoms. The molecule has 0 unspecified atom stereocenters. The van der Waals surface area contributed by atoms with E-state index < -0.39 is 6.10 Å². The molecule has 2 aromatic heterocycles. The van der Waals surface area contributed by atoms with Crippen LogP contribution in [-0.4, -0.2) is 42.9 Å². The number of aromatic amines is 1. The van der Waals surface area contributed by atoms with E-state index in [0.717, 1.165) is 17.0 Å². The van der Waals surface area contributed by atoms with Crippen LogP contribution in [0, 0.1) is 13.8 Å². The Morgan fingerprint density at radius 2 is 2.38 bits per heavy atom. The van der Waals surface area contributed by atoms with Gasteiger partial charge in [-0.2, -0.15) is 5.10 Å². The number of imidazole rings is 1. The van der Waals surface area contributed by atoms with Gasteiger partial charge in [-0.25, -0.2) is 4.98 Å². The zero-order valence-electron chi connectivity index (χ0n) is 12.1. The lowest BCUT2D eigenvalue weighted by Crippen LogP contribution is -2.56. The van der Waals surface area contributed by atoms with Crippen LogP contribution >= 0.6 is 0 Å². The van der Waals surface area contributed by atoms with E-state index in [4.69, 9.17) is 0 Å². The maximum absolute atomic E-state index is 12.1. The van der Waals surface area contributed by atoms with E-state index in [0.29, 0.717) is 6.42 Å². The highest BCUT2D eigenvalue weighted by Gasteiger charge is 2.42. The molecule has 112 valence electrons. The molecule has 0 aliphatic heterocycles. The lowest BCUT2D eigenvalue weighted by Gasteiger charge is -2.41. The molecule has 1 saturated carbocycles. The molecule has 1 aliphatic rings. The largest absolute Gasteiger partial charge is 0.391 e. The minimum atomic E-state index is -0.471. The minimum Gasteiger partial charge on any atom is -0.391 e. The third-order valence-corrected chi connectivity index (χ3v) is 3.95. The highest BCUT2D eigenvalue weighted by Crippen LogP contribution is 2.32. The first-order chi connectivity index (χ1) is 10.0. The number of nitrogens with one attached hydrogen (secondary N) is 2. The van der Waals surface area contributed by atoms with Crippen molar-refractivity contribution in [2.24, 2.45) is 0 Å². The average Bonchev–Trinajstić information content (AvgIpc) is 2.99. The molecule has 3 rings (SSSR count). The van der Waals surface area contributed by atoms with Gasteiger partial charge in [-0.15, -0.1) is 0 Å². The van der Waals surface area contributed by atoms with Crippen LogP contribution in [0.15, 0.2) is 18.7 Å². The molecule has 3 N–H and O–H groups in total. The van der Waals surface area contributed by atoms with E-state index in [-0.39, 0.29) is 24.4 Å². The van der Waals surface area contributed by atoms with Crippen LogP contribution in [0.3, 0.4) is 0 Å². The van der Waals surface area contributed by atoms with Crippen molar-refractivity contribution in [1.29, 1.82) is 0 Å². The number of aliphatic hydroxyl groups is 1. The fraction of sp³-hybridized carbons (Fsp3) is 0.500. The normalized spacial score (nSPS) is 24.6. The van der Waals surface area contributed by atoms with Gasteiger partial charge in [0.1, 0.15) is 0 Å². The van der Waals surface area contributed by atoms with Crippen LogP contribution in [-0.2, 0) is 11.2 Å². The standard InChI is InChI=1S/C14H19N5O2/c1-8-5-17-19(6-8)14-11(3-12(14)20)18-13(21)4-10-9(2)15-7-16-10/h5-7,11-12,14,20H,3-4H2,1-2H3,(H,15,16)(H,18,21)/t11-,12+,14+/m0/s1. The number of aliphatic hydroxyl groups excluding tert-OH is 1. The first-order valence-electron chi connectivity index (χ1n) is 7.01. The van der Waals surface area contributed by atoms with Crippen molar-refractivity contribution in [3.8, 4) is 0 Å². The predicted octanol–water partition coefficient (Wildman–Crippen LogP) is 0.256. The number of carbonyl (C=O) groups is 1. The fourth-order valence-electron chi connectivity index (χ4n) is 2.69. The maximum Gasteiger partial charge on any atom is 0.226 e. The third kappa shape index (κ3) is 2.69. The zero-order valence-corrected chi connectivity index (χ0v) is 12.1. The first kappa shape index (κ1) is 13.8. The van der Waals surface area contributed by atoms with Gasteiger partial charge in [0.2, 0.25) is 5.91 Å². The van der Waals surface area contributed by atoms with Gasteiger partial charge in [0.15, 0.2) is 0 Å². The summed E-state index contributed by atoms with van der Waals surface area (Å²) in [6.45, 7) is 3.83. The van der Waals surface area contributed by atoms with Crippen molar-refractivity contribution in [3.05, 3.63) is 35.7 Å². The molecule has 0 aromatic carbocycles. The summed E-state index contributed by atoms with van der Waals surface area (Å²) in [4.78, 5) is 19.2. The van der Waals surface area contributed by atoms with E-state index in [9.17, 15) is 9.90 Å². The summed E-state index contributed by atoms with van der Waals surface area (Å²) in [6, 6.07) is -0.283. The Bertz CT molecular complexity index is 647. The number of H-pyrrole nitrogens is 1. The highest BCUT2D eigenvalue weighted by molar-refractivity contribution is 5.78. The summed E-state index contributed by atoms with van der Waals surface area (Å²) < 4.78 is 1.73. The number of hydrogen-bond acceptors (Lipinski definition) is 4. The second-order valence-corrected chi connectivity index (χ2v) is 5.62. The second-order valence-electron chi connectivity index (χ2n) is 5.62. The van der Waals surface area contributed by atoms with Crippen molar-refractivity contribution in [2.45, 2.75) is 44.9 Å². The molecular weight excluding hydrogens is 270 g/mol. The van der Waals surface area contributed by atoms with Crippen molar-refractivity contribution in [1.82, 2.24) is 25.1 Å². The fourth-order valence-corrected chi connectivity index (χ4v) is 2.69. The topological polar surface area (TPSA) is 95.8 Å². The Morgan fingerprint density at radius 1 is 1.57 bits per heavy atom. The Balaban J connectivity index is 1.62. The molecule has 0 saturated heterocycles. The van der Waals surface area contributed by atoms with Gasteiger partial charge in [0.25, 0.3) is 0 Å². The van der Waals surface area contributed by atoms with Crippen LogP contribution in [0.4, 0.5) is 0 Å². The Hall–Kier alpha value is -2.15. The molecule has 21 heavy (non-hydrogen) atoms. The average molecular weight is 289 g/mol. The number of carbonyl (C=O) groups excluding carboxylic acids is 1. The molecule has 7 heteroatoms. The molecule has 2 aromatic rings. The molecular formula is C14H19N5O2. The summed E-state index contributed by atoms with van der Waals surface area (Å²) in [5.41, 5.74) is 2.68. The lowest BCUT2D eigenvalue weighted by molar-refractivity contribution is -0.124. The summed E-state index contributed by atoms with van der Waals surface area (Å²) in [5, 5.41) is 17.1. The number of amides is 1. The third-order valence-electron chi connectivity index (χ3n) is 3.95. The summed E-state index contributed by atoms with van der Waals surface area (Å²) in [5.74, 6) is -0.0871. The monoisotopic (exact) mass is 289 g/mol. The molecule has 3 atom stereocenters. The van der Waals surface area contributed by atoms with Crippen molar-refractivity contribution in [2.75, 3.05) is 0 Å². The molecule has 0 radical (unpaired) electrons. The SMILES string of the molecule is Cc1cnn([C@H]2[C@H](O)C[C@@H]2NC(=O)Cc2nc[nH]c2C)c1. The molecule has 0 spiro atoms. The number of aromatic nitrogens is 4. The molecule has 1 aliphatic carbocycles. The molecule has 2 heterocycles. The van der Waals surface area contributed by atoms with E-state index in [1.807, 2.05) is 20.0 Å². The van der Waals surface area contributed by atoms with E-state index in [1.54, 1.807) is 17.2 Å². The van der Waals surface area contributed by atoms with Crippen LogP contribution in [0.2, 0.25) is 0 Å². The summed E-state index contributed by atoms with van der Waals surface area (Å²) >= 11 is 0. The van der Waals surface area contributed by atoms with Crippen LogP contribution < -0.4 is 5.32 Å². The van der Waals surface area contributed by atoms with E-state index in [2.05, 4.69) is 20.4 Å². The van der Waals surface area contributed by atoms with Gasteiger partial charge in [0, 0.05) is 11.9 Å². The van der Waals surface area contributed by atoms with Gasteiger partial charge in [-0.1, -0.05) is 0 Å². The quantitative estimate of drug-likeness (QED) is 0.752. The van der Waals surface area contributed by atoms with Gasteiger partial charge in [-0.3, -0.25) is 9.48 Å². The lowest BCUT2D eigenvalue weighted by atomic mass is 9.83. The number of hydrogen-bond donors (Lipinski definition) is 3. The van der Waals surface area contributed by atoms with E-state index in [1.165, 1.54) is 0 Å². The van der Waals surface area contributed by atoms with Gasteiger partial charge >= 0.3 is 0 Å². The Labute approximate surface area is 122 Å². The van der Waals surface area contributed by atoms with Crippen molar-refractivity contribution < 1.29 is 9.90 Å². The number of rotatable bonds is 4. The first-order valence-corrected chi connectivity index (χ1v) is 7.01. The Morgan fingerprint density at radius 3 is 2.95 bits per heavy atom. The number of aryl methyl sites for hydroxylation is 2. The minimum absolute atomic E-state index is 0.0871. The van der Waals surface area contributed by atoms with Crippen molar-refractivity contribution >= 4 is 5.91 Å². The van der Waals surface area contributed by atoms with Crippen molar-refractivity contribution in [3.63, 3.8) is 0 Å². The Kier molecular flexibility index (Phi) is 3.50. The predicted molar refractivity (Wildman–Crippen MR) is 75.6 cm³/mol. The van der Waals surface area contributed by atoms with Crippen LogP contribution in [0.25, 0.3) is 0 Å². The van der Waals surface area contributed by atoms with Crippen LogP contribution in [0.1, 0.15) is 29.4 Å². The summed E-state index contributed by atoms with van der Waals surface area (Å²) in [7, 11) is 0. The van der Waals surface area contributed by atoms with Gasteiger partial charge in [-0.05, 0) is 25.8 Å². The molecule has 7 nitrogen and oxygen atoms in total. The molecule has 1 amide bonds. The highest BCUT2D eigenvalue weighted by atomic mass is 16.3. The summed E-state index contributed by atoms with van der Waals surface area (Å²) in [6.07, 6.45) is 5.53. The van der Waals surface area contributed by atoms with Crippen LogP contribution in [0.5, 0.6) is 0 Å².